The molecular formula is C12H30CrO3. The van der Waals surface area contributed by atoms with Crippen molar-refractivity contribution in [3.05, 3.63) is 0 Å². The molecule has 0 aromatic carbocycles. The van der Waals surface area contributed by atoms with Gasteiger partial charge in [-0.3, -0.25) is 0 Å². The molecule has 0 heterocycles. The van der Waals surface area contributed by atoms with E-state index in [4.69, 9.17) is 15.3 Å². The molecule has 0 aliphatic heterocycles. The van der Waals surface area contributed by atoms with Crippen molar-refractivity contribution in [1.29, 1.82) is 0 Å². The van der Waals surface area contributed by atoms with Gasteiger partial charge in [-0.2, -0.15) is 0 Å². The predicted octanol–water partition coefficient (Wildman–Crippen LogP) is 2.33. The van der Waals surface area contributed by atoms with Crippen LogP contribution >= 0.6 is 0 Å². The Hall–Kier alpha value is 0.412. The normalized spacial score (nSPS) is 11.2. The van der Waals surface area contributed by atoms with Crippen LogP contribution in [-0.4, -0.2) is 32.1 Å². The van der Waals surface area contributed by atoms with E-state index in [0.717, 1.165) is 0 Å². The van der Waals surface area contributed by atoms with E-state index in [2.05, 4.69) is 0 Å². The maximum Gasteiger partial charge on any atom is 0.0563 e. The first-order chi connectivity index (χ1) is 6.00. The summed E-state index contributed by atoms with van der Waals surface area (Å²) in [7, 11) is 0. The van der Waals surface area contributed by atoms with Crippen LogP contribution in [-0.2, 0) is 17.4 Å². The molecule has 0 spiro atoms. The smallest absolute Gasteiger partial charge is 0.0563 e. The summed E-state index contributed by atoms with van der Waals surface area (Å²) in [6.45, 7) is 15.7. The van der Waals surface area contributed by atoms with E-state index in [0.29, 0.717) is 0 Å². The maximum atomic E-state index is 8.52. The predicted molar refractivity (Wildman–Crippen MR) is 65.9 cm³/mol. The summed E-state index contributed by atoms with van der Waals surface area (Å²) < 4.78 is 0. The van der Waals surface area contributed by atoms with Crippen LogP contribution in [0.4, 0.5) is 0 Å². The monoisotopic (exact) mass is 274 g/mol. The Labute approximate surface area is 112 Å². The van der Waals surface area contributed by atoms with Crippen LogP contribution in [0, 0.1) is 0 Å². The number of aliphatic hydroxyl groups is 3. The van der Waals surface area contributed by atoms with Gasteiger partial charge in [0.2, 0.25) is 0 Å². The van der Waals surface area contributed by atoms with Gasteiger partial charge in [0.05, 0.1) is 16.8 Å². The molecule has 0 saturated carbocycles. The van der Waals surface area contributed by atoms with Crippen molar-refractivity contribution in [2.45, 2.75) is 79.1 Å². The van der Waals surface area contributed by atoms with Gasteiger partial charge in [-0.1, -0.05) is 0 Å². The minimum Gasteiger partial charge on any atom is -0.391 e. The van der Waals surface area contributed by atoms with Gasteiger partial charge in [-0.05, 0) is 62.3 Å². The van der Waals surface area contributed by atoms with Gasteiger partial charge in [0.25, 0.3) is 0 Å². The Morgan fingerprint density at radius 2 is 0.438 bits per heavy atom. The van der Waals surface area contributed by atoms with Crippen LogP contribution in [0.2, 0.25) is 0 Å². The van der Waals surface area contributed by atoms with Gasteiger partial charge in [-0.15, -0.1) is 0 Å². The van der Waals surface area contributed by atoms with Crippen molar-refractivity contribution < 1.29 is 32.7 Å². The molecule has 3 nitrogen and oxygen atoms in total. The Kier molecular flexibility index (Phi) is 14.9. The standard InChI is InChI=1S/3C4H10O.Cr/c3*1-4(2,3)5;/h3*5H,1-3H3;. The van der Waals surface area contributed by atoms with Crippen molar-refractivity contribution in [3.63, 3.8) is 0 Å². The molecule has 0 aromatic rings. The van der Waals surface area contributed by atoms with E-state index in [1.807, 2.05) is 0 Å². The summed E-state index contributed by atoms with van der Waals surface area (Å²) in [4.78, 5) is 0. The van der Waals surface area contributed by atoms with Crippen molar-refractivity contribution in [1.82, 2.24) is 0 Å². The third-order valence-electron chi connectivity index (χ3n) is 0. The molecule has 0 unspecified atom stereocenters. The van der Waals surface area contributed by atoms with Crippen LogP contribution in [0.15, 0.2) is 0 Å². The molecule has 16 heavy (non-hydrogen) atoms. The first-order valence-electron chi connectivity index (χ1n) is 5.17. The fraction of sp³-hybridized carbons (Fsp3) is 1.00. The van der Waals surface area contributed by atoms with Crippen LogP contribution in [0.25, 0.3) is 0 Å². The third kappa shape index (κ3) is 15200. The zero-order valence-electron chi connectivity index (χ0n) is 12.2. The van der Waals surface area contributed by atoms with Crippen LogP contribution in [0.3, 0.4) is 0 Å². The molecule has 3 N–H and O–H groups in total. The SMILES string of the molecule is CC(C)(C)O.CC(C)(C)O.CC(C)(C)O.[Cr]. The van der Waals surface area contributed by atoms with E-state index in [9.17, 15) is 0 Å². The third-order valence-corrected chi connectivity index (χ3v) is 0. The van der Waals surface area contributed by atoms with Crippen LogP contribution < -0.4 is 0 Å². The quantitative estimate of drug-likeness (QED) is 0.635. The summed E-state index contributed by atoms with van der Waals surface area (Å²) in [5.41, 5.74) is -1.50. The minimum absolute atomic E-state index is 0. The fourth-order valence-corrected chi connectivity index (χ4v) is 0. The van der Waals surface area contributed by atoms with Crippen molar-refractivity contribution in [2.75, 3.05) is 0 Å². The average molecular weight is 274 g/mol. The summed E-state index contributed by atoms with van der Waals surface area (Å²) >= 11 is 0. The van der Waals surface area contributed by atoms with Gasteiger partial charge in [0, 0.05) is 17.4 Å². The molecule has 0 aliphatic rings. The first kappa shape index (κ1) is 25.3. The second kappa shape index (κ2) is 9.44. The van der Waals surface area contributed by atoms with Gasteiger partial charge < -0.3 is 15.3 Å². The van der Waals surface area contributed by atoms with Gasteiger partial charge >= 0.3 is 0 Å². The van der Waals surface area contributed by atoms with Crippen molar-refractivity contribution in [2.24, 2.45) is 0 Å². The molecule has 0 saturated heterocycles. The fourth-order valence-electron chi connectivity index (χ4n) is 0. The molecule has 0 radical (unpaired) electrons. The number of rotatable bonds is 0. The molecule has 0 fully saturated rings. The van der Waals surface area contributed by atoms with Gasteiger partial charge in [0.15, 0.2) is 0 Å². The van der Waals surface area contributed by atoms with Gasteiger partial charge in [-0.25, -0.2) is 0 Å². The molecule has 0 bridgehead atoms. The summed E-state index contributed by atoms with van der Waals surface area (Å²) in [5, 5.41) is 25.6. The zero-order chi connectivity index (χ0) is 13.5. The second-order valence-corrected chi connectivity index (χ2v) is 6.51. The number of hydrogen-bond donors (Lipinski definition) is 3. The first-order valence-corrected chi connectivity index (χ1v) is 5.17. The Morgan fingerprint density at radius 1 is 0.438 bits per heavy atom. The Morgan fingerprint density at radius 3 is 0.438 bits per heavy atom. The summed E-state index contributed by atoms with van der Waals surface area (Å²) in [5.74, 6) is 0. The van der Waals surface area contributed by atoms with Crippen molar-refractivity contribution >= 4 is 0 Å². The number of hydrogen-bond acceptors (Lipinski definition) is 3. The summed E-state index contributed by atoms with van der Waals surface area (Å²) in [6, 6.07) is 0. The molecule has 0 amide bonds. The minimum atomic E-state index is -0.500. The summed E-state index contributed by atoms with van der Waals surface area (Å²) in [6.07, 6.45) is 0. The molecular weight excluding hydrogens is 244 g/mol. The van der Waals surface area contributed by atoms with Crippen molar-refractivity contribution in [3.8, 4) is 0 Å². The van der Waals surface area contributed by atoms with Crippen LogP contribution in [0.5, 0.6) is 0 Å². The topological polar surface area (TPSA) is 60.7 Å². The molecule has 0 aliphatic carbocycles. The maximum absolute atomic E-state index is 8.52. The molecule has 102 valence electrons. The van der Waals surface area contributed by atoms with E-state index in [1.165, 1.54) is 0 Å². The van der Waals surface area contributed by atoms with E-state index in [-0.39, 0.29) is 17.4 Å². The second-order valence-electron chi connectivity index (χ2n) is 6.51. The van der Waals surface area contributed by atoms with E-state index >= 15 is 0 Å². The molecule has 0 aromatic heterocycles. The van der Waals surface area contributed by atoms with Crippen LogP contribution in [0.1, 0.15) is 62.3 Å². The van der Waals surface area contributed by atoms with Gasteiger partial charge in [0.1, 0.15) is 0 Å². The zero-order valence-corrected chi connectivity index (χ0v) is 13.5. The molecule has 4 heteroatoms. The average Bonchev–Trinajstić information content (AvgIpc) is 1.41. The Balaban J connectivity index is -0.0000000655. The van der Waals surface area contributed by atoms with E-state index in [1.54, 1.807) is 62.3 Å². The largest absolute Gasteiger partial charge is 0.391 e. The van der Waals surface area contributed by atoms with E-state index < -0.39 is 16.8 Å². The molecule has 0 rings (SSSR count). The molecule has 0 atom stereocenters. The Bertz CT molecular complexity index is 91.3.